The number of fused-ring (bicyclic) bond motifs is 4. The zero-order valence-corrected chi connectivity index (χ0v) is 18.7. The van der Waals surface area contributed by atoms with E-state index in [1.807, 2.05) is 12.1 Å². The predicted molar refractivity (Wildman–Crippen MR) is 124 cm³/mol. The van der Waals surface area contributed by atoms with Crippen LogP contribution in [0.25, 0.3) is 22.2 Å². The lowest BCUT2D eigenvalue weighted by molar-refractivity contribution is -0.116. The van der Waals surface area contributed by atoms with Crippen LogP contribution < -0.4 is 24.8 Å². The summed E-state index contributed by atoms with van der Waals surface area (Å²) < 4.78 is 17.2. The molecular formula is C25H27N3O4. The smallest absolute Gasteiger partial charge is 0.223 e. The molecule has 1 aliphatic heterocycles. The Morgan fingerprint density at radius 1 is 1.19 bits per heavy atom. The Morgan fingerprint density at radius 3 is 2.75 bits per heavy atom. The lowest BCUT2D eigenvalue weighted by Crippen LogP contribution is -2.34. The Labute approximate surface area is 187 Å². The van der Waals surface area contributed by atoms with Crippen LogP contribution >= 0.6 is 0 Å². The molecule has 3 aromatic rings. The van der Waals surface area contributed by atoms with Gasteiger partial charge in [-0.1, -0.05) is 0 Å². The summed E-state index contributed by atoms with van der Waals surface area (Å²) in [7, 11) is 3.21. The molecule has 0 atom stereocenters. The van der Waals surface area contributed by atoms with E-state index in [1.54, 1.807) is 26.0 Å². The van der Waals surface area contributed by atoms with Crippen molar-refractivity contribution >= 4 is 22.5 Å². The maximum atomic E-state index is 12.5. The number of hydrogen-bond donors (Lipinski definition) is 1. The molecule has 1 amide bonds. The van der Waals surface area contributed by atoms with E-state index in [9.17, 15) is 4.79 Å². The van der Waals surface area contributed by atoms with E-state index in [-0.39, 0.29) is 5.91 Å². The fourth-order valence-electron chi connectivity index (χ4n) is 4.93. The van der Waals surface area contributed by atoms with Crippen molar-refractivity contribution in [1.82, 2.24) is 4.98 Å². The van der Waals surface area contributed by atoms with E-state index in [4.69, 9.17) is 24.9 Å². The van der Waals surface area contributed by atoms with Crippen LogP contribution in [0.3, 0.4) is 0 Å². The van der Waals surface area contributed by atoms with E-state index < -0.39 is 0 Å². The number of nitrogens with two attached hydrogens (primary N) is 1. The van der Waals surface area contributed by atoms with Gasteiger partial charge in [-0.3, -0.25) is 4.79 Å². The van der Waals surface area contributed by atoms with Crippen molar-refractivity contribution in [3.05, 3.63) is 41.0 Å². The third-order valence-electron chi connectivity index (χ3n) is 6.36. The van der Waals surface area contributed by atoms with Crippen molar-refractivity contribution in [2.45, 2.75) is 26.2 Å². The minimum Gasteiger partial charge on any atom is -0.494 e. The van der Waals surface area contributed by atoms with Gasteiger partial charge in [0.25, 0.3) is 0 Å². The van der Waals surface area contributed by atoms with Gasteiger partial charge in [0, 0.05) is 36.9 Å². The number of aromatic nitrogens is 1. The largest absolute Gasteiger partial charge is 0.494 e. The molecule has 7 heteroatoms. The summed E-state index contributed by atoms with van der Waals surface area (Å²) in [5.74, 6) is 1.98. The number of benzene rings is 2. The highest BCUT2D eigenvalue weighted by atomic mass is 16.5. The van der Waals surface area contributed by atoms with Gasteiger partial charge in [-0.15, -0.1) is 0 Å². The van der Waals surface area contributed by atoms with Gasteiger partial charge in [-0.25, -0.2) is 4.98 Å². The molecule has 0 saturated carbocycles. The van der Waals surface area contributed by atoms with Crippen molar-refractivity contribution in [1.29, 1.82) is 0 Å². The number of carbonyl (C=O) groups is 1. The summed E-state index contributed by atoms with van der Waals surface area (Å²) in [6.07, 6.45) is 2.40. The minimum atomic E-state index is -0.0217. The van der Waals surface area contributed by atoms with E-state index in [0.717, 1.165) is 52.9 Å². The SMILES string of the molecule is COc1cc2nc3c(c4c2c(c1OC)N(C(C)=O)CC4)Cc1cc(OCCCN)ccc1-3. The van der Waals surface area contributed by atoms with Gasteiger partial charge in [0.05, 0.1) is 37.7 Å². The Balaban J connectivity index is 1.69. The van der Waals surface area contributed by atoms with Gasteiger partial charge in [-0.05, 0) is 54.3 Å². The van der Waals surface area contributed by atoms with Gasteiger partial charge in [0.2, 0.25) is 5.91 Å². The van der Waals surface area contributed by atoms with E-state index in [0.29, 0.717) is 31.2 Å². The fraction of sp³-hybridized carbons (Fsp3) is 0.360. The second-order valence-corrected chi connectivity index (χ2v) is 8.18. The predicted octanol–water partition coefficient (Wildman–Crippen LogP) is 3.46. The number of hydrogen-bond acceptors (Lipinski definition) is 6. The fourth-order valence-corrected chi connectivity index (χ4v) is 4.93. The van der Waals surface area contributed by atoms with E-state index >= 15 is 0 Å². The summed E-state index contributed by atoms with van der Waals surface area (Å²) in [6.45, 7) is 3.40. The number of rotatable bonds is 6. The number of ether oxygens (including phenoxy) is 3. The summed E-state index contributed by atoms with van der Waals surface area (Å²) >= 11 is 0. The first kappa shape index (κ1) is 20.6. The summed E-state index contributed by atoms with van der Waals surface area (Å²) in [4.78, 5) is 19.3. The Kier molecular flexibility index (Phi) is 5.13. The number of pyridine rings is 1. The molecular weight excluding hydrogens is 406 g/mol. The molecule has 7 nitrogen and oxygen atoms in total. The molecule has 32 heavy (non-hydrogen) atoms. The first-order valence-corrected chi connectivity index (χ1v) is 10.9. The minimum absolute atomic E-state index is 0.0217. The van der Waals surface area contributed by atoms with E-state index in [2.05, 4.69) is 12.1 Å². The summed E-state index contributed by atoms with van der Waals surface area (Å²) in [6, 6.07) is 8.11. The molecule has 0 spiro atoms. The summed E-state index contributed by atoms with van der Waals surface area (Å²) in [5, 5.41) is 0.982. The van der Waals surface area contributed by atoms with Crippen LogP contribution in [0.5, 0.6) is 17.2 Å². The van der Waals surface area contributed by atoms with Crippen LogP contribution in [0.1, 0.15) is 30.0 Å². The zero-order valence-electron chi connectivity index (χ0n) is 18.7. The first-order chi connectivity index (χ1) is 15.6. The van der Waals surface area contributed by atoms with Crippen molar-refractivity contribution in [2.75, 3.05) is 38.8 Å². The van der Waals surface area contributed by atoms with Gasteiger partial charge < -0.3 is 24.8 Å². The van der Waals surface area contributed by atoms with Crippen LogP contribution in [0.15, 0.2) is 24.3 Å². The molecule has 2 aromatic carbocycles. The highest BCUT2D eigenvalue weighted by molar-refractivity contribution is 6.09. The third-order valence-corrected chi connectivity index (χ3v) is 6.36. The van der Waals surface area contributed by atoms with Crippen LogP contribution in [0.2, 0.25) is 0 Å². The molecule has 2 heterocycles. The monoisotopic (exact) mass is 433 g/mol. The van der Waals surface area contributed by atoms with Crippen LogP contribution in [-0.4, -0.2) is 44.8 Å². The highest BCUT2D eigenvalue weighted by Gasteiger charge is 2.33. The first-order valence-electron chi connectivity index (χ1n) is 10.9. The molecule has 1 aliphatic carbocycles. The number of carbonyl (C=O) groups excluding carboxylic acids is 1. The second kappa shape index (κ2) is 7.98. The topological polar surface area (TPSA) is 86.9 Å². The quantitative estimate of drug-likeness (QED) is 0.469. The normalized spacial score (nSPS) is 13.7. The molecule has 0 radical (unpaired) electrons. The van der Waals surface area contributed by atoms with Crippen LogP contribution in [0, 0.1) is 0 Å². The average Bonchev–Trinajstić information content (AvgIpc) is 3.16. The summed E-state index contributed by atoms with van der Waals surface area (Å²) in [5.41, 5.74) is 13.0. The second-order valence-electron chi connectivity index (χ2n) is 8.18. The zero-order chi connectivity index (χ0) is 22.4. The molecule has 2 aliphatic rings. The van der Waals surface area contributed by atoms with Gasteiger partial charge in [0.1, 0.15) is 5.75 Å². The Bertz CT molecular complexity index is 1240. The molecule has 0 saturated heterocycles. The molecule has 0 bridgehead atoms. The molecule has 166 valence electrons. The highest BCUT2D eigenvalue weighted by Crippen LogP contribution is 2.50. The number of amides is 1. The van der Waals surface area contributed by atoms with Crippen molar-refractivity contribution in [2.24, 2.45) is 5.73 Å². The van der Waals surface area contributed by atoms with Crippen molar-refractivity contribution < 1.29 is 19.0 Å². The third kappa shape index (κ3) is 3.07. The van der Waals surface area contributed by atoms with Crippen LogP contribution in [0.4, 0.5) is 5.69 Å². The lowest BCUT2D eigenvalue weighted by Gasteiger charge is -2.31. The van der Waals surface area contributed by atoms with Crippen molar-refractivity contribution in [3.63, 3.8) is 0 Å². The number of nitrogens with zero attached hydrogens (tertiary/aromatic N) is 2. The van der Waals surface area contributed by atoms with Crippen molar-refractivity contribution in [3.8, 4) is 28.5 Å². The average molecular weight is 434 g/mol. The Morgan fingerprint density at radius 2 is 2.03 bits per heavy atom. The molecule has 2 N–H and O–H groups in total. The van der Waals surface area contributed by atoms with Gasteiger partial charge >= 0.3 is 0 Å². The number of anilines is 1. The molecule has 0 unspecified atom stereocenters. The lowest BCUT2D eigenvalue weighted by atomic mass is 9.92. The molecule has 5 rings (SSSR count). The van der Waals surface area contributed by atoms with Crippen LogP contribution in [-0.2, 0) is 17.6 Å². The standard InChI is InChI=1S/C25H27N3O4/c1-14(29)28-9-7-18-19-12-15-11-16(32-10-4-8-26)5-6-17(15)23(19)27-20-13-21(30-2)25(31-3)24(28)22(18)20/h5-6,11,13H,4,7-10,12,26H2,1-3H3. The molecule has 1 aromatic heterocycles. The maximum absolute atomic E-state index is 12.5. The van der Waals surface area contributed by atoms with E-state index in [1.165, 1.54) is 16.7 Å². The Hall–Kier alpha value is -3.32. The molecule has 0 fully saturated rings. The van der Waals surface area contributed by atoms with Gasteiger partial charge in [0.15, 0.2) is 11.5 Å². The van der Waals surface area contributed by atoms with Gasteiger partial charge in [-0.2, -0.15) is 0 Å². The maximum Gasteiger partial charge on any atom is 0.223 e. The number of methoxy groups -OCH3 is 2.